The average Bonchev–Trinajstić information content (AvgIpc) is 3.29. The second kappa shape index (κ2) is 9.91. The molecular weight excluding hydrogens is 489 g/mol. The molecule has 0 amide bonds. The van der Waals surface area contributed by atoms with Crippen molar-refractivity contribution in [2.75, 3.05) is 26.1 Å². The minimum Gasteiger partial charge on any atom is -0.496 e. The van der Waals surface area contributed by atoms with Crippen molar-refractivity contribution in [3.05, 3.63) is 66.2 Å². The molecule has 2 unspecified atom stereocenters. The first-order chi connectivity index (χ1) is 17.8. The highest BCUT2D eigenvalue weighted by Gasteiger charge is 2.38. The van der Waals surface area contributed by atoms with E-state index in [2.05, 4.69) is 4.98 Å². The third-order valence-electron chi connectivity index (χ3n) is 6.40. The lowest BCUT2D eigenvalue weighted by Gasteiger charge is -2.27. The van der Waals surface area contributed by atoms with Crippen LogP contribution >= 0.6 is 0 Å². The summed E-state index contributed by atoms with van der Waals surface area (Å²) in [5.41, 5.74) is 7.15. The van der Waals surface area contributed by atoms with Crippen LogP contribution in [0.1, 0.15) is 30.1 Å². The van der Waals surface area contributed by atoms with Crippen molar-refractivity contribution in [1.82, 2.24) is 14.4 Å². The molecule has 2 aromatic carbocycles. The van der Waals surface area contributed by atoms with E-state index in [0.717, 1.165) is 12.2 Å². The van der Waals surface area contributed by atoms with Crippen LogP contribution in [0, 0.1) is 0 Å². The first-order valence-electron chi connectivity index (χ1n) is 11.7. The van der Waals surface area contributed by atoms with Crippen LogP contribution in [0.3, 0.4) is 0 Å². The van der Waals surface area contributed by atoms with Crippen molar-refractivity contribution in [1.29, 1.82) is 0 Å². The Morgan fingerprint density at radius 3 is 2.54 bits per heavy atom. The maximum Gasteiger partial charge on any atom is 0.423 e. The maximum atomic E-state index is 13.7. The highest BCUT2D eigenvalue weighted by atomic mass is 19.4. The monoisotopic (exact) mass is 514 g/mol. The van der Waals surface area contributed by atoms with Crippen LogP contribution in [0.4, 0.5) is 19.0 Å². The van der Waals surface area contributed by atoms with Crippen LogP contribution in [0.2, 0.25) is 0 Å². The summed E-state index contributed by atoms with van der Waals surface area (Å²) in [7, 11) is 1.18. The molecule has 11 heteroatoms. The molecule has 0 radical (unpaired) electrons. The molecule has 1 aliphatic heterocycles. The van der Waals surface area contributed by atoms with Crippen molar-refractivity contribution in [3.8, 4) is 28.5 Å². The third kappa shape index (κ3) is 4.79. The summed E-state index contributed by atoms with van der Waals surface area (Å²) >= 11 is 0. The minimum atomic E-state index is -4.65. The summed E-state index contributed by atoms with van der Waals surface area (Å²) in [6.07, 6.45) is 0.0556. The number of imidazole rings is 1. The van der Waals surface area contributed by atoms with Gasteiger partial charge in [-0.15, -0.1) is 0 Å². The third-order valence-corrected chi connectivity index (χ3v) is 6.40. The first-order valence-corrected chi connectivity index (χ1v) is 11.7. The fourth-order valence-corrected chi connectivity index (χ4v) is 4.58. The van der Waals surface area contributed by atoms with E-state index in [1.54, 1.807) is 36.7 Å². The molecule has 4 aromatic rings. The molecule has 0 spiro atoms. The summed E-state index contributed by atoms with van der Waals surface area (Å²) in [4.78, 5) is 9.08. The Morgan fingerprint density at radius 1 is 1.14 bits per heavy atom. The molecule has 2 atom stereocenters. The highest BCUT2D eigenvalue weighted by Crippen LogP contribution is 2.44. The number of alkyl halides is 3. The number of benzene rings is 2. The van der Waals surface area contributed by atoms with E-state index in [4.69, 9.17) is 24.9 Å². The fraction of sp³-hybridized carbons (Fsp3) is 0.308. The van der Waals surface area contributed by atoms with Crippen molar-refractivity contribution in [3.63, 3.8) is 0 Å². The molecule has 3 heterocycles. The van der Waals surface area contributed by atoms with Crippen LogP contribution in [-0.2, 0) is 10.9 Å². The summed E-state index contributed by atoms with van der Waals surface area (Å²) in [5, 5.41) is 9.36. The molecular formula is C26H25F3N4O4. The number of ether oxygens (including phenoxy) is 3. The van der Waals surface area contributed by atoms with Crippen molar-refractivity contribution >= 4 is 11.3 Å². The zero-order valence-corrected chi connectivity index (χ0v) is 19.9. The summed E-state index contributed by atoms with van der Waals surface area (Å²) in [6.45, 7) is 0.396. The number of methoxy groups -OCH3 is 1. The second-order valence-corrected chi connectivity index (χ2v) is 8.72. The number of nitrogens with two attached hydrogens (primary N) is 1. The van der Waals surface area contributed by atoms with E-state index in [-0.39, 0.29) is 35.9 Å². The van der Waals surface area contributed by atoms with Crippen molar-refractivity contribution < 1.29 is 32.5 Å². The van der Waals surface area contributed by atoms with Gasteiger partial charge in [-0.2, -0.15) is 13.2 Å². The standard InChI is InChI=1S/C26H25F3N4O4/c1-35-19-3-2-4-20(21(19)26(27,28)29)37-17-8-5-15(6-9-17)22-23-24(30)31-11-12-33(23)25(32-22)16-7-10-18(13-34)36-14-16/h2-6,8-9,11-12,16,18,34H,7,10,13-14H2,1H3,(H2,30,31). The molecule has 1 saturated heterocycles. The van der Waals surface area contributed by atoms with Gasteiger partial charge >= 0.3 is 6.18 Å². The molecule has 0 bridgehead atoms. The number of aliphatic hydroxyl groups excluding tert-OH is 1. The van der Waals surface area contributed by atoms with Gasteiger partial charge in [-0.25, -0.2) is 9.97 Å². The number of nitrogens with zero attached hydrogens (tertiary/aromatic N) is 3. The molecule has 2 aromatic heterocycles. The van der Waals surface area contributed by atoms with Gasteiger partial charge in [0.25, 0.3) is 0 Å². The molecule has 194 valence electrons. The number of hydrogen-bond acceptors (Lipinski definition) is 7. The Kier molecular flexibility index (Phi) is 6.65. The Hall–Kier alpha value is -3.83. The zero-order valence-electron chi connectivity index (χ0n) is 19.9. The minimum absolute atomic E-state index is 0.00214. The molecule has 3 N–H and O–H groups in total. The number of hydrogen-bond donors (Lipinski definition) is 2. The number of halogens is 3. The first kappa shape index (κ1) is 24.8. The van der Waals surface area contributed by atoms with Gasteiger partial charge in [-0.05, 0) is 49.2 Å². The molecule has 37 heavy (non-hydrogen) atoms. The topological polar surface area (TPSA) is 104 Å². The van der Waals surface area contributed by atoms with Crippen LogP contribution in [-0.4, -0.2) is 45.9 Å². The van der Waals surface area contributed by atoms with Gasteiger partial charge < -0.3 is 25.1 Å². The fourth-order valence-electron chi connectivity index (χ4n) is 4.58. The second-order valence-electron chi connectivity index (χ2n) is 8.72. The summed E-state index contributed by atoms with van der Waals surface area (Å²) < 4.78 is 59.1. The smallest absolute Gasteiger partial charge is 0.423 e. The lowest BCUT2D eigenvalue weighted by Crippen LogP contribution is -2.28. The van der Waals surface area contributed by atoms with Gasteiger partial charge in [-0.1, -0.05) is 6.07 Å². The largest absolute Gasteiger partial charge is 0.496 e. The number of aliphatic hydroxyl groups is 1. The SMILES string of the molecule is COc1cccc(Oc2ccc(-c3nc(C4CCC(CO)OC4)n4ccnc(N)c34)cc2)c1C(F)(F)F. The molecule has 1 fully saturated rings. The average molecular weight is 515 g/mol. The van der Waals surface area contributed by atoms with Crippen molar-refractivity contribution in [2.24, 2.45) is 0 Å². The predicted octanol–water partition coefficient (Wildman–Crippen LogP) is 5.05. The quantitative estimate of drug-likeness (QED) is 0.371. The molecule has 1 aliphatic rings. The number of aromatic nitrogens is 3. The van der Waals surface area contributed by atoms with Gasteiger partial charge in [0.1, 0.15) is 45.7 Å². The van der Waals surface area contributed by atoms with Crippen molar-refractivity contribution in [2.45, 2.75) is 31.0 Å². The van der Waals surface area contributed by atoms with E-state index in [1.165, 1.54) is 25.3 Å². The van der Waals surface area contributed by atoms with E-state index in [9.17, 15) is 18.3 Å². The van der Waals surface area contributed by atoms with Gasteiger partial charge in [0, 0.05) is 23.9 Å². The van der Waals surface area contributed by atoms with E-state index in [1.807, 2.05) is 4.40 Å². The number of fused-ring (bicyclic) bond motifs is 1. The Balaban J connectivity index is 1.48. The number of anilines is 1. The van der Waals surface area contributed by atoms with E-state index < -0.39 is 11.7 Å². The van der Waals surface area contributed by atoms with Crippen LogP contribution in [0.25, 0.3) is 16.8 Å². The lowest BCUT2D eigenvalue weighted by molar-refractivity contribution is -0.139. The van der Waals surface area contributed by atoms with Gasteiger partial charge in [0.05, 0.1) is 26.4 Å². The maximum absolute atomic E-state index is 13.7. The number of rotatable bonds is 6. The zero-order chi connectivity index (χ0) is 26.2. The molecule has 0 saturated carbocycles. The Morgan fingerprint density at radius 2 is 1.89 bits per heavy atom. The van der Waals surface area contributed by atoms with Gasteiger partial charge in [0.2, 0.25) is 0 Å². The summed E-state index contributed by atoms with van der Waals surface area (Å²) in [5.74, 6) is 0.602. The molecule has 8 nitrogen and oxygen atoms in total. The number of nitrogen functional groups attached to an aromatic ring is 1. The molecule has 0 aliphatic carbocycles. The Labute approximate surface area is 210 Å². The van der Waals surface area contributed by atoms with Crippen LogP contribution < -0.4 is 15.2 Å². The van der Waals surface area contributed by atoms with E-state index >= 15 is 0 Å². The predicted molar refractivity (Wildman–Crippen MR) is 130 cm³/mol. The molecule has 5 rings (SSSR count). The van der Waals surface area contributed by atoms with Crippen LogP contribution in [0.15, 0.2) is 54.9 Å². The van der Waals surface area contributed by atoms with Gasteiger partial charge in [-0.3, -0.25) is 4.40 Å². The van der Waals surface area contributed by atoms with E-state index in [0.29, 0.717) is 35.6 Å². The normalized spacial score (nSPS) is 18.2. The van der Waals surface area contributed by atoms with Gasteiger partial charge in [0.15, 0.2) is 0 Å². The summed E-state index contributed by atoms with van der Waals surface area (Å²) in [6, 6.07) is 10.5. The highest BCUT2D eigenvalue weighted by molar-refractivity contribution is 5.85. The Bertz CT molecular complexity index is 1400. The van der Waals surface area contributed by atoms with Crippen LogP contribution in [0.5, 0.6) is 17.2 Å². The lowest BCUT2D eigenvalue weighted by atomic mass is 9.98.